The van der Waals surface area contributed by atoms with Crippen molar-refractivity contribution in [3.63, 3.8) is 0 Å². The van der Waals surface area contributed by atoms with Gasteiger partial charge in [-0.1, -0.05) is 30.7 Å². The summed E-state index contributed by atoms with van der Waals surface area (Å²) in [4.78, 5) is 2.61. The maximum atomic E-state index is 3.66. The predicted octanol–water partition coefficient (Wildman–Crippen LogP) is 3.00. The maximum Gasteiger partial charge on any atom is 0.0166 e. The second-order valence-electron chi connectivity index (χ2n) is 5.89. The Bertz CT molecular complexity index is 369. The second-order valence-corrected chi connectivity index (χ2v) is 5.89. The molecule has 0 bridgehead atoms. The Hall–Kier alpha value is -0.860. The summed E-state index contributed by atoms with van der Waals surface area (Å²) in [6, 6.07) is 9.30. The fourth-order valence-electron chi connectivity index (χ4n) is 2.94. The molecule has 1 fully saturated rings. The molecular weight excluding hydrogens is 232 g/mol. The Labute approximate surface area is 118 Å². The summed E-state index contributed by atoms with van der Waals surface area (Å²) in [7, 11) is 0. The van der Waals surface area contributed by atoms with Gasteiger partial charge in [-0.2, -0.15) is 0 Å². The van der Waals surface area contributed by atoms with E-state index in [0.29, 0.717) is 6.04 Å². The third kappa shape index (κ3) is 4.96. The lowest BCUT2D eigenvalue weighted by atomic mass is 10.1. The third-order valence-electron chi connectivity index (χ3n) is 4.13. The molecule has 0 amide bonds. The van der Waals surface area contributed by atoms with Crippen molar-refractivity contribution in [1.82, 2.24) is 10.2 Å². The predicted molar refractivity (Wildman–Crippen MR) is 82.6 cm³/mol. The van der Waals surface area contributed by atoms with Gasteiger partial charge in [-0.3, -0.25) is 0 Å². The van der Waals surface area contributed by atoms with Crippen LogP contribution in [-0.4, -0.2) is 37.1 Å². The van der Waals surface area contributed by atoms with Crippen molar-refractivity contribution in [2.45, 2.75) is 45.6 Å². The molecule has 1 aliphatic rings. The molecule has 1 saturated heterocycles. The number of rotatable bonds is 6. The minimum absolute atomic E-state index is 0.599. The number of nitrogens with one attached hydrogen (secondary N) is 1. The van der Waals surface area contributed by atoms with Crippen LogP contribution in [0.5, 0.6) is 0 Å². The molecule has 19 heavy (non-hydrogen) atoms. The molecule has 0 aromatic heterocycles. The van der Waals surface area contributed by atoms with E-state index < -0.39 is 0 Å². The zero-order valence-corrected chi connectivity index (χ0v) is 12.5. The summed E-state index contributed by atoms with van der Waals surface area (Å²) < 4.78 is 0. The summed E-state index contributed by atoms with van der Waals surface area (Å²) in [5, 5.41) is 3.66. The first-order valence-electron chi connectivity index (χ1n) is 7.76. The Morgan fingerprint density at radius 2 is 1.89 bits per heavy atom. The van der Waals surface area contributed by atoms with Crippen molar-refractivity contribution in [2.75, 3.05) is 26.2 Å². The molecule has 1 unspecified atom stereocenters. The topological polar surface area (TPSA) is 15.3 Å². The largest absolute Gasteiger partial charge is 0.313 e. The Morgan fingerprint density at radius 1 is 1.16 bits per heavy atom. The zero-order chi connectivity index (χ0) is 13.5. The van der Waals surface area contributed by atoms with Gasteiger partial charge in [0.05, 0.1) is 0 Å². The lowest BCUT2D eigenvalue weighted by Crippen LogP contribution is -2.42. The van der Waals surface area contributed by atoms with Gasteiger partial charge in [-0.05, 0) is 63.9 Å². The molecule has 0 aliphatic carbocycles. The molecule has 2 heteroatoms. The fourth-order valence-corrected chi connectivity index (χ4v) is 2.94. The molecule has 1 aromatic rings. The number of nitrogens with zero attached hydrogens (tertiary/aromatic N) is 1. The summed E-state index contributed by atoms with van der Waals surface area (Å²) >= 11 is 0. The first-order valence-corrected chi connectivity index (χ1v) is 7.76. The van der Waals surface area contributed by atoms with Crippen LogP contribution >= 0.6 is 0 Å². The second kappa shape index (κ2) is 7.66. The lowest BCUT2D eigenvalue weighted by molar-refractivity contribution is 0.209. The van der Waals surface area contributed by atoms with Crippen molar-refractivity contribution in [1.29, 1.82) is 0 Å². The van der Waals surface area contributed by atoms with Crippen LogP contribution in [0.15, 0.2) is 24.3 Å². The van der Waals surface area contributed by atoms with E-state index in [-0.39, 0.29) is 0 Å². The molecule has 1 N–H and O–H groups in total. The number of hydrogen-bond acceptors (Lipinski definition) is 2. The lowest BCUT2D eigenvalue weighted by Gasteiger charge is -2.29. The van der Waals surface area contributed by atoms with E-state index in [0.717, 1.165) is 13.0 Å². The SMILES string of the molecule is Cc1ccccc1CCNC(C)CN1CCCCC1. The number of aryl methyl sites for hydroxylation is 1. The van der Waals surface area contributed by atoms with Gasteiger partial charge < -0.3 is 10.2 Å². The van der Waals surface area contributed by atoms with Gasteiger partial charge in [0.2, 0.25) is 0 Å². The van der Waals surface area contributed by atoms with Crippen molar-refractivity contribution < 1.29 is 0 Å². The molecular formula is C17H28N2. The van der Waals surface area contributed by atoms with Crippen molar-refractivity contribution in [3.05, 3.63) is 35.4 Å². The molecule has 0 spiro atoms. The van der Waals surface area contributed by atoms with E-state index >= 15 is 0 Å². The normalized spacial score (nSPS) is 18.4. The number of likely N-dealkylation sites (tertiary alicyclic amines) is 1. The molecule has 2 rings (SSSR count). The van der Waals surface area contributed by atoms with Crippen LogP contribution in [0.1, 0.15) is 37.3 Å². The highest BCUT2D eigenvalue weighted by molar-refractivity contribution is 5.25. The summed E-state index contributed by atoms with van der Waals surface area (Å²) in [6.45, 7) is 9.39. The molecule has 1 atom stereocenters. The van der Waals surface area contributed by atoms with E-state index in [9.17, 15) is 0 Å². The molecule has 2 nitrogen and oxygen atoms in total. The van der Waals surface area contributed by atoms with E-state index in [4.69, 9.17) is 0 Å². The molecule has 0 radical (unpaired) electrons. The summed E-state index contributed by atoms with van der Waals surface area (Å²) in [6.07, 6.45) is 5.33. The van der Waals surface area contributed by atoms with Crippen LogP contribution in [0, 0.1) is 6.92 Å². The van der Waals surface area contributed by atoms with E-state index in [2.05, 4.69) is 48.3 Å². The number of benzene rings is 1. The molecule has 106 valence electrons. The molecule has 0 saturated carbocycles. The minimum atomic E-state index is 0.599. The summed E-state index contributed by atoms with van der Waals surface area (Å²) in [5.41, 5.74) is 2.88. The van der Waals surface area contributed by atoms with E-state index in [1.165, 1.54) is 50.0 Å². The zero-order valence-electron chi connectivity index (χ0n) is 12.5. The Kier molecular flexibility index (Phi) is 5.87. The first kappa shape index (κ1) is 14.5. The van der Waals surface area contributed by atoms with Crippen molar-refractivity contribution in [3.8, 4) is 0 Å². The van der Waals surface area contributed by atoms with Crippen molar-refractivity contribution in [2.24, 2.45) is 0 Å². The maximum absolute atomic E-state index is 3.66. The highest BCUT2D eigenvalue weighted by atomic mass is 15.1. The van der Waals surface area contributed by atoms with Crippen LogP contribution < -0.4 is 5.32 Å². The van der Waals surface area contributed by atoms with Gasteiger partial charge in [0.25, 0.3) is 0 Å². The smallest absolute Gasteiger partial charge is 0.0166 e. The average Bonchev–Trinajstić information content (AvgIpc) is 2.42. The Balaban J connectivity index is 1.66. The van der Waals surface area contributed by atoms with Crippen LogP contribution in [0.3, 0.4) is 0 Å². The molecule has 1 aromatic carbocycles. The standard InChI is InChI=1S/C17H28N2/c1-15-8-4-5-9-17(15)10-11-18-16(2)14-19-12-6-3-7-13-19/h4-5,8-9,16,18H,3,6-7,10-14H2,1-2H3. The Morgan fingerprint density at radius 3 is 2.63 bits per heavy atom. The van der Waals surface area contributed by atoms with Crippen LogP contribution in [0.2, 0.25) is 0 Å². The van der Waals surface area contributed by atoms with Crippen LogP contribution in [0.25, 0.3) is 0 Å². The van der Waals surface area contributed by atoms with Gasteiger partial charge in [0.1, 0.15) is 0 Å². The van der Waals surface area contributed by atoms with Gasteiger partial charge in [0.15, 0.2) is 0 Å². The van der Waals surface area contributed by atoms with Crippen LogP contribution in [-0.2, 0) is 6.42 Å². The fraction of sp³-hybridized carbons (Fsp3) is 0.647. The highest BCUT2D eigenvalue weighted by Gasteiger charge is 2.12. The summed E-state index contributed by atoms with van der Waals surface area (Å²) in [5.74, 6) is 0. The van der Waals surface area contributed by atoms with E-state index in [1.807, 2.05) is 0 Å². The highest BCUT2D eigenvalue weighted by Crippen LogP contribution is 2.09. The van der Waals surface area contributed by atoms with Crippen LogP contribution in [0.4, 0.5) is 0 Å². The quantitative estimate of drug-likeness (QED) is 0.846. The van der Waals surface area contributed by atoms with Gasteiger partial charge >= 0.3 is 0 Å². The van der Waals surface area contributed by atoms with Gasteiger partial charge in [0, 0.05) is 12.6 Å². The van der Waals surface area contributed by atoms with Gasteiger partial charge in [-0.15, -0.1) is 0 Å². The molecule has 1 aliphatic heterocycles. The van der Waals surface area contributed by atoms with Gasteiger partial charge in [-0.25, -0.2) is 0 Å². The molecule has 1 heterocycles. The number of hydrogen-bond donors (Lipinski definition) is 1. The first-order chi connectivity index (χ1) is 9.25. The van der Waals surface area contributed by atoms with E-state index in [1.54, 1.807) is 0 Å². The minimum Gasteiger partial charge on any atom is -0.313 e. The average molecular weight is 260 g/mol. The van der Waals surface area contributed by atoms with Crippen molar-refractivity contribution >= 4 is 0 Å². The monoisotopic (exact) mass is 260 g/mol. The third-order valence-corrected chi connectivity index (χ3v) is 4.13. The number of piperidine rings is 1.